The SMILES string of the molecule is Cc1ccc(F)cc1CC1(N)CCc2cc(F)ccc21. The van der Waals surface area contributed by atoms with Crippen molar-refractivity contribution in [3.63, 3.8) is 0 Å². The maximum atomic E-state index is 13.4. The van der Waals surface area contributed by atoms with Gasteiger partial charge in [0.15, 0.2) is 0 Å². The van der Waals surface area contributed by atoms with Crippen molar-refractivity contribution in [1.82, 2.24) is 0 Å². The van der Waals surface area contributed by atoms with Crippen LogP contribution in [0.2, 0.25) is 0 Å². The van der Waals surface area contributed by atoms with Crippen LogP contribution in [0.15, 0.2) is 36.4 Å². The van der Waals surface area contributed by atoms with E-state index in [1.807, 2.05) is 6.92 Å². The minimum absolute atomic E-state index is 0.227. The van der Waals surface area contributed by atoms with Gasteiger partial charge in [0, 0.05) is 5.54 Å². The molecule has 1 atom stereocenters. The highest BCUT2D eigenvalue weighted by molar-refractivity contribution is 5.41. The molecule has 0 spiro atoms. The standard InChI is InChI=1S/C17H17F2N/c1-11-2-3-14(18)9-13(11)10-17(20)7-6-12-8-15(19)4-5-16(12)17/h2-5,8-9H,6-7,10,20H2,1H3. The largest absolute Gasteiger partial charge is 0.321 e. The molecule has 1 aliphatic carbocycles. The third kappa shape index (κ3) is 2.22. The first-order chi connectivity index (χ1) is 9.48. The first-order valence-corrected chi connectivity index (χ1v) is 6.81. The first kappa shape index (κ1) is 13.3. The molecule has 2 N–H and O–H groups in total. The number of benzene rings is 2. The summed E-state index contributed by atoms with van der Waals surface area (Å²) in [5.74, 6) is -0.471. The Bertz CT molecular complexity index is 666. The molecule has 104 valence electrons. The minimum Gasteiger partial charge on any atom is -0.321 e. The van der Waals surface area contributed by atoms with Crippen molar-refractivity contribution in [1.29, 1.82) is 0 Å². The molecule has 0 aliphatic heterocycles. The van der Waals surface area contributed by atoms with E-state index in [2.05, 4.69) is 0 Å². The van der Waals surface area contributed by atoms with Gasteiger partial charge >= 0.3 is 0 Å². The number of hydrogen-bond donors (Lipinski definition) is 1. The summed E-state index contributed by atoms with van der Waals surface area (Å²) in [7, 11) is 0. The van der Waals surface area contributed by atoms with Gasteiger partial charge < -0.3 is 5.73 Å². The molecule has 1 aliphatic rings. The second-order valence-corrected chi connectivity index (χ2v) is 5.71. The van der Waals surface area contributed by atoms with Gasteiger partial charge in [-0.25, -0.2) is 8.78 Å². The van der Waals surface area contributed by atoms with Gasteiger partial charge in [0.05, 0.1) is 0 Å². The van der Waals surface area contributed by atoms with Gasteiger partial charge in [0.2, 0.25) is 0 Å². The molecule has 3 rings (SSSR count). The van der Waals surface area contributed by atoms with Crippen LogP contribution >= 0.6 is 0 Å². The molecule has 3 heteroatoms. The number of hydrogen-bond acceptors (Lipinski definition) is 1. The summed E-state index contributed by atoms with van der Waals surface area (Å²) in [6.45, 7) is 1.96. The molecule has 0 radical (unpaired) electrons. The van der Waals surface area contributed by atoms with Crippen LogP contribution < -0.4 is 5.73 Å². The van der Waals surface area contributed by atoms with Crippen molar-refractivity contribution in [2.24, 2.45) is 5.73 Å². The fourth-order valence-corrected chi connectivity index (χ4v) is 3.10. The van der Waals surface area contributed by atoms with E-state index in [1.54, 1.807) is 24.3 Å². The Morgan fingerprint density at radius 2 is 1.80 bits per heavy atom. The molecule has 0 heterocycles. The number of nitrogens with two attached hydrogens (primary N) is 1. The highest BCUT2D eigenvalue weighted by atomic mass is 19.1. The van der Waals surface area contributed by atoms with Gasteiger partial charge in [-0.15, -0.1) is 0 Å². The summed E-state index contributed by atoms with van der Waals surface area (Å²) in [6.07, 6.45) is 2.12. The number of fused-ring (bicyclic) bond motifs is 1. The van der Waals surface area contributed by atoms with Crippen molar-refractivity contribution in [3.8, 4) is 0 Å². The topological polar surface area (TPSA) is 26.0 Å². The van der Waals surface area contributed by atoms with Crippen molar-refractivity contribution < 1.29 is 8.78 Å². The highest BCUT2D eigenvalue weighted by Crippen LogP contribution is 2.38. The normalized spacial score (nSPS) is 21.0. The maximum Gasteiger partial charge on any atom is 0.123 e. The van der Waals surface area contributed by atoms with E-state index in [0.717, 1.165) is 35.1 Å². The Kier molecular flexibility index (Phi) is 3.09. The Morgan fingerprint density at radius 3 is 2.60 bits per heavy atom. The molecule has 0 saturated heterocycles. The smallest absolute Gasteiger partial charge is 0.123 e. The van der Waals surface area contributed by atoms with Crippen molar-refractivity contribution in [2.75, 3.05) is 0 Å². The number of halogens is 2. The average Bonchev–Trinajstić information content (AvgIpc) is 2.71. The molecule has 0 saturated carbocycles. The summed E-state index contributed by atoms with van der Waals surface area (Å²) >= 11 is 0. The Labute approximate surface area is 117 Å². The zero-order valence-electron chi connectivity index (χ0n) is 11.4. The van der Waals surface area contributed by atoms with E-state index in [9.17, 15) is 8.78 Å². The van der Waals surface area contributed by atoms with Gasteiger partial charge in [-0.3, -0.25) is 0 Å². The van der Waals surface area contributed by atoms with Crippen LogP contribution in [0.3, 0.4) is 0 Å². The molecule has 0 amide bonds. The van der Waals surface area contributed by atoms with Crippen LogP contribution in [0.1, 0.15) is 28.7 Å². The average molecular weight is 273 g/mol. The molecule has 1 nitrogen and oxygen atoms in total. The lowest BCUT2D eigenvalue weighted by molar-refractivity contribution is 0.437. The molecular weight excluding hydrogens is 256 g/mol. The molecule has 1 unspecified atom stereocenters. The zero-order valence-corrected chi connectivity index (χ0v) is 11.4. The van der Waals surface area contributed by atoms with Crippen LogP contribution in [0.5, 0.6) is 0 Å². The zero-order chi connectivity index (χ0) is 14.3. The summed E-state index contributed by atoms with van der Waals surface area (Å²) in [6, 6.07) is 9.55. The summed E-state index contributed by atoms with van der Waals surface area (Å²) in [5.41, 5.74) is 9.92. The Balaban J connectivity index is 1.98. The molecular formula is C17H17F2N. The van der Waals surface area contributed by atoms with E-state index >= 15 is 0 Å². The van der Waals surface area contributed by atoms with E-state index in [-0.39, 0.29) is 11.6 Å². The van der Waals surface area contributed by atoms with Gasteiger partial charge in [-0.05, 0) is 72.7 Å². The molecule has 0 aromatic heterocycles. The molecule has 0 bridgehead atoms. The predicted octanol–water partition coefficient (Wildman–Crippen LogP) is 3.62. The third-order valence-corrected chi connectivity index (χ3v) is 4.26. The number of aryl methyl sites for hydroxylation is 2. The molecule has 0 fully saturated rings. The molecule has 2 aromatic rings. The predicted molar refractivity (Wildman–Crippen MR) is 75.4 cm³/mol. The van der Waals surface area contributed by atoms with Crippen molar-refractivity contribution in [3.05, 3.63) is 70.3 Å². The van der Waals surface area contributed by atoms with E-state index in [4.69, 9.17) is 5.73 Å². The van der Waals surface area contributed by atoms with Gasteiger partial charge in [0.1, 0.15) is 11.6 Å². The van der Waals surface area contributed by atoms with Gasteiger partial charge in [0.25, 0.3) is 0 Å². The van der Waals surface area contributed by atoms with Crippen LogP contribution in [0.25, 0.3) is 0 Å². The van der Waals surface area contributed by atoms with E-state index in [1.165, 1.54) is 12.1 Å². The third-order valence-electron chi connectivity index (χ3n) is 4.26. The molecule has 20 heavy (non-hydrogen) atoms. The lowest BCUT2D eigenvalue weighted by Crippen LogP contribution is -2.36. The Hall–Kier alpha value is -1.74. The summed E-state index contributed by atoms with van der Waals surface area (Å²) in [5, 5.41) is 0. The van der Waals surface area contributed by atoms with Crippen LogP contribution in [-0.4, -0.2) is 0 Å². The second kappa shape index (κ2) is 4.67. The number of rotatable bonds is 2. The van der Waals surface area contributed by atoms with E-state index in [0.29, 0.717) is 6.42 Å². The second-order valence-electron chi connectivity index (χ2n) is 5.71. The highest BCUT2D eigenvalue weighted by Gasteiger charge is 2.35. The van der Waals surface area contributed by atoms with Crippen LogP contribution in [0, 0.1) is 18.6 Å². The first-order valence-electron chi connectivity index (χ1n) is 6.81. The van der Waals surface area contributed by atoms with E-state index < -0.39 is 5.54 Å². The monoisotopic (exact) mass is 273 g/mol. The van der Waals surface area contributed by atoms with Crippen molar-refractivity contribution >= 4 is 0 Å². The quantitative estimate of drug-likeness (QED) is 0.888. The summed E-state index contributed by atoms with van der Waals surface area (Å²) < 4.78 is 26.7. The minimum atomic E-state index is -0.526. The fraction of sp³-hybridized carbons (Fsp3) is 0.294. The lowest BCUT2D eigenvalue weighted by atomic mass is 9.85. The molecule has 2 aromatic carbocycles. The Morgan fingerprint density at radius 1 is 1.10 bits per heavy atom. The lowest BCUT2D eigenvalue weighted by Gasteiger charge is -2.26. The van der Waals surface area contributed by atoms with Crippen LogP contribution in [0.4, 0.5) is 8.78 Å². The van der Waals surface area contributed by atoms with Crippen molar-refractivity contribution in [2.45, 2.75) is 31.7 Å². The fourth-order valence-electron chi connectivity index (χ4n) is 3.10. The van der Waals surface area contributed by atoms with Crippen LogP contribution in [-0.2, 0) is 18.4 Å². The summed E-state index contributed by atoms with van der Waals surface area (Å²) in [4.78, 5) is 0. The van der Waals surface area contributed by atoms with Gasteiger partial charge in [-0.1, -0.05) is 12.1 Å². The maximum absolute atomic E-state index is 13.4. The van der Waals surface area contributed by atoms with Gasteiger partial charge in [-0.2, -0.15) is 0 Å².